The summed E-state index contributed by atoms with van der Waals surface area (Å²) in [5.41, 5.74) is 3.47. The molecule has 3 rings (SSSR count). The molecular formula is C18H17ClN2O3. The summed E-state index contributed by atoms with van der Waals surface area (Å²) in [5, 5.41) is 0.568. The molecule has 0 unspecified atom stereocenters. The van der Waals surface area contributed by atoms with Crippen LogP contribution >= 0.6 is 11.6 Å². The van der Waals surface area contributed by atoms with Crippen molar-refractivity contribution in [1.29, 1.82) is 0 Å². The summed E-state index contributed by atoms with van der Waals surface area (Å²) in [6.07, 6.45) is 0. The number of halogens is 1. The van der Waals surface area contributed by atoms with Crippen LogP contribution in [-0.2, 0) is 9.53 Å². The SMILES string of the molecule is CCOC(=O)COn1c(-c2ccc(C)cc2)nc2ccc(Cl)cc21. The highest BCUT2D eigenvalue weighted by Gasteiger charge is 2.15. The minimum atomic E-state index is -0.434. The van der Waals surface area contributed by atoms with Gasteiger partial charge in [0.1, 0.15) is 5.52 Å². The molecule has 0 fully saturated rings. The van der Waals surface area contributed by atoms with Crippen LogP contribution in [0, 0.1) is 6.92 Å². The van der Waals surface area contributed by atoms with Crippen molar-refractivity contribution in [3.63, 3.8) is 0 Å². The predicted octanol–water partition coefficient (Wildman–Crippen LogP) is 3.66. The van der Waals surface area contributed by atoms with Crippen LogP contribution in [0.15, 0.2) is 42.5 Å². The van der Waals surface area contributed by atoms with Crippen LogP contribution in [0.5, 0.6) is 0 Å². The van der Waals surface area contributed by atoms with Gasteiger partial charge < -0.3 is 9.57 Å². The number of aryl methyl sites for hydroxylation is 1. The maximum absolute atomic E-state index is 11.6. The van der Waals surface area contributed by atoms with Crippen LogP contribution in [-0.4, -0.2) is 28.9 Å². The number of carbonyl (C=O) groups is 1. The van der Waals surface area contributed by atoms with Crippen molar-refractivity contribution >= 4 is 28.6 Å². The minimum Gasteiger partial charge on any atom is -0.463 e. The van der Waals surface area contributed by atoms with E-state index in [4.69, 9.17) is 21.2 Å². The van der Waals surface area contributed by atoms with Gasteiger partial charge in [-0.1, -0.05) is 41.4 Å². The Morgan fingerprint density at radius 3 is 2.67 bits per heavy atom. The second-order valence-corrected chi connectivity index (χ2v) is 5.74. The van der Waals surface area contributed by atoms with Crippen LogP contribution < -0.4 is 4.84 Å². The Kier molecular flexibility index (Phi) is 4.71. The fourth-order valence-corrected chi connectivity index (χ4v) is 2.53. The molecule has 0 saturated heterocycles. The Morgan fingerprint density at radius 1 is 1.21 bits per heavy atom. The number of ether oxygens (including phenoxy) is 1. The highest BCUT2D eigenvalue weighted by atomic mass is 35.5. The number of rotatable bonds is 5. The van der Waals surface area contributed by atoms with Crippen molar-refractivity contribution in [2.45, 2.75) is 13.8 Å². The van der Waals surface area contributed by atoms with E-state index in [9.17, 15) is 4.79 Å². The third kappa shape index (κ3) is 3.36. The zero-order valence-electron chi connectivity index (χ0n) is 13.5. The molecule has 0 aliphatic heterocycles. The first-order valence-electron chi connectivity index (χ1n) is 7.62. The topological polar surface area (TPSA) is 53.4 Å². The molecule has 1 aromatic heterocycles. The van der Waals surface area contributed by atoms with E-state index in [0.29, 0.717) is 23.0 Å². The normalized spacial score (nSPS) is 10.8. The molecule has 6 heteroatoms. The van der Waals surface area contributed by atoms with E-state index in [1.165, 1.54) is 4.73 Å². The van der Waals surface area contributed by atoms with E-state index in [1.807, 2.05) is 37.3 Å². The Balaban J connectivity index is 2.05. The molecule has 0 aliphatic rings. The molecule has 0 spiro atoms. The Hall–Kier alpha value is -2.53. The molecule has 24 heavy (non-hydrogen) atoms. The third-order valence-corrected chi connectivity index (χ3v) is 3.74. The third-order valence-electron chi connectivity index (χ3n) is 3.50. The van der Waals surface area contributed by atoms with Gasteiger partial charge in [-0.3, -0.25) is 0 Å². The maximum Gasteiger partial charge on any atom is 0.346 e. The van der Waals surface area contributed by atoms with E-state index in [0.717, 1.165) is 16.6 Å². The lowest BCUT2D eigenvalue weighted by atomic mass is 10.1. The molecular weight excluding hydrogens is 328 g/mol. The first-order chi connectivity index (χ1) is 11.6. The summed E-state index contributed by atoms with van der Waals surface area (Å²) in [6.45, 7) is 3.87. The molecule has 5 nitrogen and oxygen atoms in total. The van der Waals surface area contributed by atoms with Crippen LogP contribution in [0.1, 0.15) is 12.5 Å². The van der Waals surface area contributed by atoms with Gasteiger partial charge in [-0.2, -0.15) is 4.73 Å². The largest absolute Gasteiger partial charge is 0.463 e. The molecule has 0 aliphatic carbocycles. The van der Waals surface area contributed by atoms with Crippen LogP contribution in [0.2, 0.25) is 5.02 Å². The zero-order chi connectivity index (χ0) is 17.1. The summed E-state index contributed by atoms with van der Waals surface area (Å²) in [6, 6.07) is 13.3. The molecule has 0 saturated carbocycles. The Labute approximate surface area is 144 Å². The smallest absolute Gasteiger partial charge is 0.346 e. The number of hydrogen-bond donors (Lipinski definition) is 0. The van der Waals surface area contributed by atoms with Gasteiger partial charge >= 0.3 is 5.97 Å². The minimum absolute atomic E-state index is 0.204. The van der Waals surface area contributed by atoms with Crippen LogP contribution in [0.4, 0.5) is 0 Å². The summed E-state index contributed by atoms with van der Waals surface area (Å²) in [4.78, 5) is 21.9. The number of imidazole rings is 1. The number of aromatic nitrogens is 2. The average Bonchev–Trinajstić information content (AvgIpc) is 2.91. The standard InChI is InChI=1S/C18H17ClN2O3/c1-3-23-17(22)11-24-21-16-10-14(19)8-9-15(16)20-18(21)13-6-4-12(2)5-7-13/h4-10H,3,11H2,1-2H3. The molecule has 2 aromatic carbocycles. The Bertz CT molecular complexity index is 872. The average molecular weight is 345 g/mol. The van der Waals surface area contributed by atoms with Gasteiger partial charge in [-0.05, 0) is 32.0 Å². The first-order valence-corrected chi connectivity index (χ1v) is 8.00. The summed E-state index contributed by atoms with van der Waals surface area (Å²) in [7, 11) is 0. The highest BCUT2D eigenvalue weighted by Crippen LogP contribution is 2.26. The first kappa shape index (κ1) is 16.3. The lowest BCUT2D eigenvalue weighted by Crippen LogP contribution is -2.22. The number of fused-ring (bicyclic) bond motifs is 1. The molecule has 0 radical (unpaired) electrons. The van der Waals surface area contributed by atoms with Crippen LogP contribution in [0.3, 0.4) is 0 Å². The van der Waals surface area contributed by atoms with Gasteiger partial charge in [-0.25, -0.2) is 9.78 Å². The van der Waals surface area contributed by atoms with Crippen molar-refractivity contribution in [2.24, 2.45) is 0 Å². The second kappa shape index (κ2) is 6.93. The monoisotopic (exact) mass is 344 g/mol. The fourth-order valence-electron chi connectivity index (χ4n) is 2.36. The molecule has 124 valence electrons. The lowest BCUT2D eigenvalue weighted by Gasteiger charge is -2.11. The molecule has 3 aromatic rings. The Morgan fingerprint density at radius 2 is 1.96 bits per heavy atom. The number of nitrogens with zero attached hydrogens (tertiary/aromatic N) is 2. The zero-order valence-corrected chi connectivity index (χ0v) is 14.2. The molecule has 0 amide bonds. The summed E-state index contributed by atoms with van der Waals surface area (Å²) in [5.74, 6) is 0.174. The summed E-state index contributed by atoms with van der Waals surface area (Å²) >= 11 is 6.09. The second-order valence-electron chi connectivity index (χ2n) is 5.31. The van der Waals surface area contributed by atoms with E-state index < -0.39 is 5.97 Å². The quantitative estimate of drug-likeness (QED) is 0.663. The summed E-state index contributed by atoms with van der Waals surface area (Å²) < 4.78 is 6.44. The van der Waals surface area contributed by atoms with Gasteiger partial charge in [0.2, 0.25) is 6.61 Å². The van der Waals surface area contributed by atoms with Gasteiger partial charge in [0.05, 0.1) is 12.1 Å². The predicted molar refractivity (Wildman–Crippen MR) is 93.0 cm³/mol. The van der Waals surface area contributed by atoms with Crippen molar-refractivity contribution in [3.8, 4) is 11.4 Å². The van der Waals surface area contributed by atoms with Crippen molar-refractivity contribution in [3.05, 3.63) is 53.1 Å². The van der Waals surface area contributed by atoms with E-state index in [2.05, 4.69) is 4.98 Å². The van der Waals surface area contributed by atoms with Gasteiger partial charge in [0.15, 0.2) is 5.82 Å². The fraction of sp³-hybridized carbons (Fsp3) is 0.222. The number of benzene rings is 2. The lowest BCUT2D eigenvalue weighted by molar-refractivity contribution is -0.148. The van der Waals surface area contributed by atoms with Gasteiger partial charge in [0, 0.05) is 10.6 Å². The molecule has 0 N–H and O–H groups in total. The molecule has 1 heterocycles. The van der Waals surface area contributed by atoms with E-state index in [1.54, 1.807) is 19.1 Å². The molecule has 0 atom stereocenters. The van der Waals surface area contributed by atoms with Gasteiger partial charge in [0.25, 0.3) is 0 Å². The highest BCUT2D eigenvalue weighted by molar-refractivity contribution is 6.31. The van der Waals surface area contributed by atoms with E-state index in [-0.39, 0.29) is 6.61 Å². The van der Waals surface area contributed by atoms with Gasteiger partial charge in [-0.15, -0.1) is 0 Å². The van der Waals surface area contributed by atoms with Crippen molar-refractivity contribution < 1.29 is 14.4 Å². The number of esters is 1. The number of carbonyl (C=O) groups excluding carboxylic acids is 1. The number of hydrogen-bond acceptors (Lipinski definition) is 4. The van der Waals surface area contributed by atoms with Crippen molar-refractivity contribution in [2.75, 3.05) is 13.2 Å². The maximum atomic E-state index is 11.6. The molecule has 0 bridgehead atoms. The van der Waals surface area contributed by atoms with Crippen molar-refractivity contribution in [1.82, 2.24) is 9.71 Å². The van der Waals surface area contributed by atoms with E-state index >= 15 is 0 Å². The van der Waals surface area contributed by atoms with Crippen LogP contribution in [0.25, 0.3) is 22.4 Å².